The van der Waals surface area contributed by atoms with Crippen LogP contribution in [0.25, 0.3) is 0 Å². The van der Waals surface area contributed by atoms with Crippen molar-refractivity contribution in [2.24, 2.45) is 5.92 Å². The molecule has 21 heavy (non-hydrogen) atoms. The fraction of sp³-hybridized carbons (Fsp3) is 0.588. The van der Waals surface area contributed by atoms with Gasteiger partial charge in [-0.2, -0.15) is 11.8 Å². The maximum Gasteiger partial charge on any atom is 0.220 e. The maximum absolute atomic E-state index is 11.7. The Morgan fingerprint density at radius 2 is 2.19 bits per heavy atom. The third-order valence-corrected chi connectivity index (χ3v) is 4.79. The quantitative estimate of drug-likeness (QED) is 0.750. The molecule has 1 aliphatic heterocycles. The molecule has 0 unspecified atom stereocenters. The Balaban J connectivity index is 1.63. The molecular weight excluding hydrogens is 280 g/mol. The van der Waals surface area contributed by atoms with Crippen molar-refractivity contribution < 1.29 is 4.79 Å². The molecule has 4 heteroatoms. The first-order chi connectivity index (χ1) is 10.3. The minimum Gasteiger partial charge on any atom is -0.356 e. The van der Waals surface area contributed by atoms with Crippen LogP contribution in [0.1, 0.15) is 25.3 Å². The van der Waals surface area contributed by atoms with E-state index < -0.39 is 0 Å². The van der Waals surface area contributed by atoms with Crippen LogP contribution in [0.15, 0.2) is 30.3 Å². The summed E-state index contributed by atoms with van der Waals surface area (Å²) in [6.45, 7) is 6.22. The van der Waals surface area contributed by atoms with E-state index in [9.17, 15) is 4.79 Å². The van der Waals surface area contributed by atoms with Crippen molar-refractivity contribution in [1.82, 2.24) is 10.2 Å². The highest BCUT2D eigenvalue weighted by Gasteiger charge is 2.22. The van der Waals surface area contributed by atoms with Crippen LogP contribution in [-0.2, 0) is 11.3 Å². The number of hydrogen-bond donors (Lipinski definition) is 1. The third-order valence-electron chi connectivity index (χ3n) is 3.88. The van der Waals surface area contributed by atoms with Gasteiger partial charge in [0.25, 0.3) is 0 Å². The van der Waals surface area contributed by atoms with Crippen LogP contribution in [0.3, 0.4) is 0 Å². The standard InChI is InChI=1S/C17H26N2OS/c1-2-21-11-9-17(20)18-12-16-8-10-19(14-16)13-15-6-4-3-5-7-15/h3-7,16H,2,8-14H2,1H3,(H,18,20)/t16-/m0/s1. The Hall–Kier alpha value is -1.00. The average Bonchev–Trinajstić information content (AvgIpc) is 2.94. The zero-order valence-electron chi connectivity index (χ0n) is 12.9. The SMILES string of the molecule is CCSCCC(=O)NC[C@@H]1CCN(Cc2ccccc2)C1. The second kappa shape index (κ2) is 9.11. The van der Waals surface area contributed by atoms with Gasteiger partial charge in [-0.15, -0.1) is 0 Å². The number of amides is 1. The first-order valence-corrected chi connectivity index (χ1v) is 9.04. The molecule has 1 atom stereocenters. The summed E-state index contributed by atoms with van der Waals surface area (Å²) in [7, 11) is 0. The molecule has 1 heterocycles. The van der Waals surface area contributed by atoms with E-state index in [2.05, 4.69) is 47.5 Å². The fourth-order valence-corrected chi connectivity index (χ4v) is 3.34. The Morgan fingerprint density at radius 1 is 1.38 bits per heavy atom. The number of likely N-dealkylation sites (tertiary alicyclic amines) is 1. The van der Waals surface area contributed by atoms with Crippen LogP contribution < -0.4 is 5.32 Å². The van der Waals surface area contributed by atoms with Crippen molar-refractivity contribution in [3.05, 3.63) is 35.9 Å². The smallest absolute Gasteiger partial charge is 0.220 e. The number of nitrogens with one attached hydrogen (secondary N) is 1. The number of nitrogens with zero attached hydrogens (tertiary/aromatic N) is 1. The van der Waals surface area contributed by atoms with Gasteiger partial charge in [0.2, 0.25) is 5.91 Å². The highest BCUT2D eigenvalue weighted by molar-refractivity contribution is 7.99. The highest BCUT2D eigenvalue weighted by atomic mass is 32.2. The summed E-state index contributed by atoms with van der Waals surface area (Å²) >= 11 is 1.83. The summed E-state index contributed by atoms with van der Waals surface area (Å²) < 4.78 is 0. The van der Waals surface area contributed by atoms with Gasteiger partial charge in [0.1, 0.15) is 0 Å². The Labute approximate surface area is 132 Å². The first kappa shape index (κ1) is 16.4. The van der Waals surface area contributed by atoms with E-state index in [4.69, 9.17) is 0 Å². The minimum atomic E-state index is 0.206. The summed E-state index contributed by atoms with van der Waals surface area (Å²) in [6.07, 6.45) is 1.84. The van der Waals surface area contributed by atoms with Gasteiger partial charge >= 0.3 is 0 Å². The minimum absolute atomic E-state index is 0.206. The summed E-state index contributed by atoms with van der Waals surface area (Å²) in [5, 5.41) is 3.09. The van der Waals surface area contributed by atoms with Gasteiger partial charge in [-0.25, -0.2) is 0 Å². The predicted octanol–water partition coefficient (Wildman–Crippen LogP) is 2.77. The van der Waals surface area contributed by atoms with E-state index in [-0.39, 0.29) is 5.91 Å². The molecule has 0 radical (unpaired) electrons. The van der Waals surface area contributed by atoms with E-state index in [1.807, 2.05) is 11.8 Å². The molecule has 2 rings (SSSR count). The number of carbonyl (C=O) groups excluding carboxylic acids is 1. The number of carbonyl (C=O) groups is 1. The van der Waals surface area contributed by atoms with Crippen LogP contribution in [0.2, 0.25) is 0 Å². The van der Waals surface area contributed by atoms with Gasteiger partial charge < -0.3 is 5.32 Å². The van der Waals surface area contributed by atoms with E-state index in [0.29, 0.717) is 12.3 Å². The average molecular weight is 306 g/mol. The van der Waals surface area contributed by atoms with Gasteiger partial charge in [0, 0.05) is 31.8 Å². The lowest BCUT2D eigenvalue weighted by atomic mass is 10.1. The normalized spacial score (nSPS) is 18.8. The lowest BCUT2D eigenvalue weighted by Gasteiger charge is -2.16. The summed E-state index contributed by atoms with van der Waals surface area (Å²) in [5.74, 6) is 2.84. The summed E-state index contributed by atoms with van der Waals surface area (Å²) in [4.78, 5) is 14.2. The zero-order valence-corrected chi connectivity index (χ0v) is 13.7. The molecule has 1 amide bonds. The molecule has 1 aromatic rings. The van der Waals surface area contributed by atoms with Gasteiger partial charge in [-0.3, -0.25) is 9.69 Å². The molecule has 1 aromatic carbocycles. The van der Waals surface area contributed by atoms with E-state index in [1.165, 1.54) is 12.0 Å². The predicted molar refractivity (Wildman–Crippen MR) is 90.5 cm³/mol. The highest BCUT2D eigenvalue weighted by Crippen LogP contribution is 2.18. The van der Waals surface area contributed by atoms with Crippen LogP contribution in [0.5, 0.6) is 0 Å². The molecule has 0 bridgehead atoms. The van der Waals surface area contributed by atoms with Crippen LogP contribution in [-0.4, -0.2) is 41.9 Å². The molecule has 0 aliphatic carbocycles. The number of rotatable bonds is 8. The largest absolute Gasteiger partial charge is 0.356 e. The molecule has 1 aliphatic rings. The van der Waals surface area contributed by atoms with Gasteiger partial charge in [0.15, 0.2) is 0 Å². The van der Waals surface area contributed by atoms with Gasteiger partial charge in [-0.1, -0.05) is 37.3 Å². The Bertz CT molecular complexity index is 424. The van der Waals surface area contributed by atoms with Crippen molar-refractivity contribution in [3.63, 3.8) is 0 Å². The van der Waals surface area contributed by atoms with E-state index >= 15 is 0 Å². The van der Waals surface area contributed by atoms with Crippen LogP contribution in [0, 0.1) is 5.92 Å². The van der Waals surface area contributed by atoms with Crippen LogP contribution >= 0.6 is 11.8 Å². The first-order valence-electron chi connectivity index (χ1n) is 7.88. The van der Waals surface area contributed by atoms with E-state index in [0.717, 1.165) is 37.7 Å². The third kappa shape index (κ3) is 6.10. The van der Waals surface area contributed by atoms with Crippen molar-refractivity contribution in [1.29, 1.82) is 0 Å². The lowest BCUT2D eigenvalue weighted by Crippen LogP contribution is -2.31. The van der Waals surface area contributed by atoms with Gasteiger partial charge in [0.05, 0.1) is 0 Å². The number of hydrogen-bond acceptors (Lipinski definition) is 3. The molecule has 116 valence electrons. The molecule has 1 fully saturated rings. The summed E-state index contributed by atoms with van der Waals surface area (Å²) in [5.41, 5.74) is 1.37. The topological polar surface area (TPSA) is 32.3 Å². The van der Waals surface area contributed by atoms with Crippen molar-refractivity contribution in [3.8, 4) is 0 Å². The Kier molecular flexibility index (Phi) is 7.10. The molecule has 0 spiro atoms. The van der Waals surface area contributed by atoms with Crippen LogP contribution in [0.4, 0.5) is 0 Å². The molecular formula is C17H26N2OS. The van der Waals surface area contributed by atoms with Crippen molar-refractivity contribution in [2.75, 3.05) is 31.1 Å². The second-order valence-corrected chi connectivity index (χ2v) is 7.02. The Morgan fingerprint density at radius 3 is 2.95 bits per heavy atom. The summed E-state index contributed by atoms with van der Waals surface area (Å²) in [6, 6.07) is 10.6. The monoisotopic (exact) mass is 306 g/mol. The molecule has 0 saturated carbocycles. The molecule has 1 N–H and O–H groups in total. The number of thioether (sulfide) groups is 1. The van der Waals surface area contributed by atoms with E-state index in [1.54, 1.807) is 0 Å². The zero-order chi connectivity index (χ0) is 14.9. The van der Waals surface area contributed by atoms with Crippen molar-refractivity contribution in [2.45, 2.75) is 26.3 Å². The fourth-order valence-electron chi connectivity index (χ4n) is 2.72. The van der Waals surface area contributed by atoms with Crippen molar-refractivity contribution >= 4 is 17.7 Å². The maximum atomic E-state index is 11.7. The van der Waals surface area contributed by atoms with Gasteiger partial charge in [-0.05, 0) is 30.2 Å². The molecule has 0 aromatic heterocycles. The molecule has 3 nitrogen and oxygen atoms in total. The lowest BCUT2D eigenvalue weighted by molar-refractivity contribution is -0.120. The molecule has 1 saturated heterocycles. The number of benzene rings is 1. The second-order valence-electron chi connectivity index (χ2n) is 5.63.